The van der Waals surface area contributed by atoms with Gasteiger partial charge in [-0.1, -0.05) is 13.8 Å². The number of fused-ring (bicyclic) bond motifs is 2. The van der Waals surface area contributed by atoms with E-state index in [0.29, 0.717) is 12.0 Å². The van der Waals surface area contributed by atoms with Crippen LogP contribution < -0.4 is 0 Å². The summed E-state index contributed by atoms with van der Waals surface area (Å²) in [5, 5.41) is 0. The van der Waals surface area contributed by atoms with Crippen molar-refractivity contribution in [1.29, 1.82) is 0 Å². The van der Waals surface area contributed by atoms with Gasteiger partial charge >= 0.3 is 0 Å². The fraction of sp³-hybridized carbons (Fsp3) is 1.00. The van der Waals surface area contributed by atoms with Crippen LogP contribution in [-0.2, 0) is 14.3 Å². The van der Waals surface area contributed by atoms with E-state index in [2.05, 4.69) is 13.8 Å². The maximum atomic E-state index is 10.8. The zero-order valence-electron chi connectivity index (χ0n) is 12.2. The monoisotopic (exact) mass is 306 g/mol. The number of rotatable bonds is 7. The third-order valence-corrected chi connectivity index (χ3v) is 6.73. The van der Waals surface area contributed by atoms with Crippen molar-refractivity contribution in [3.05, 3.63) is 0 Å². The minimum atomic E-state index is -3.26. The van der Waals surface area contributed by atoms with Gasteiger partial charge < -0.3 is 0 Å². The van der Waals surface area contributed by atoms with Gasteiger partial charge in [-0.15, -0.1) is 0 Å². The predicted molar refractivity (Wildman–Crippen MR) is 80.8 cm³/mol. The van der Waals surface area contributed by atoms with Crippen molar-refractivity contribution < 1.29 is 12.6 Å². The molecule has 0 N–H and O–H groups in total. The largest absolute Gasteiger partial charge is 0.269 e. The van der Waals surface area contributed by atoms with Gasteiger partial charge in [0.25, 0.3) is 10.1 Å². The van der Waals surface area contributed by atoms with Gasteiger partial charge in [0.05, 0.1) is 12.9 Å². The van der Waals surface area contributed by atoms with Crippen molar-refractivity contribution in [3.63, 3.8) is 0 Å². The van der Waals surface area contributed by atoms with E-state index < -0.39 is 10.1 Å². The molecule has 3 aliphatic carbocycles. The van der Waals surface area contributed by atoms with E-state index in [0.717, 1.165) is 35.5 Å². The van der Waals surface area contributed by atoms with Gasteiger partial charge in [0.2, 0.25) is 0 Å². The number of hydrogen-bond donors (Lipinski definition) is 0. The average molecular weight is 306 g/mol. The smallest absolute Gasteiger partial charge is 0.264 e. The molecule has 2 bridgehead atoms. The summed E-state index contributed by atoms with van der Waals surface area (Å²) in [5.74, 6) is 4.71. The molecular weight excluding hydrogens is 280 g/mol. The van der Waals surface area contributed by atoms with Gasteiger partial charge in [0, 0.05) is 5.75 Å². The molecule has 0 saturated heterocycles. The van der Waals surface area contributed by atoms with Crippen LogP contribution in [0.1, 0.15) is 39.5 Å². The Morgan fingerprint density at radius 1 is 1.26 bits per heavy atom. The molecule has 0 radical (unpaired) electrons. The van der Waals surface area contributed by atoms with Crippen molar-refractivity contribution in [2.75, 3.05) is 24.4 Å². The van der Waals surface area contributed by atoms with E-state index in [9.17, 15) is 8.42 Å². The van der Waals surface area contributed by atoms with Crippen molar-refractivity contribution in [1.82, 2.24) is 0 Å². The lowest BCUT2D eigenvalue weighted by molar-refractivity contribution is -0.105. The summed E-state index contributed by atoms with van der Waals surface area (Å²) in [4.78, 5) is 0. The summed E-state index contributed by atoms with van der Waals surface area (Å²) >= 11 is 1.82. The Hall–Kier alpha value is 0.260. The van der Waals surface area contributed by atoms with E-state index in [-0.39, 0.29) is 0 Å². The molecule has 0 aromatic heterocycles. The van der Waals surface area contributed by atoms with E-state index in [1.54, 1.807) is 0 Å². The molecular formula is C14H26O3S2. The summed E-state index contributed by atoms with van der Waals surface area (Å²) in [6.45, 7) is 5.18. The molecule has 3 fully saturated rings. The minimum Gasteiger partial charge on any atom is -0.269 e. The third kappa shape index (κ3) is 3.88. The normalized spacial score (nSPS) is 32.9. The zero-order chi connectivity index (χ0) is 14.1. The molecule has 5 heteroatoms. The second-order valence-electron chi connectivity index (χ2n) is 6.63. The Balaban J connectivity index is 1.59. The van der Waals surface area contributed by atoms with E-state index in [4.69, 9.17) is 4.18 Å². The summed E-state index contributed by atoms with van der Waals surface area (Å²) in [7, 11) is -3.26. The lowest BCUT2D eigenvalue weighted by Crippen LogP contribution is -2.52. The van der Waals surface area contributed by atoms with Gasteiger partial charge in [0.15, 0.2) is 0 Å². The first kappa shape index (κ1) is 15.6. The van der Waals surface area contributed by atoms with Crippen molar-refractivity contribution >= 4 is 21.9 Å². The van der Waals surface area contributed by atoms with Crippen molar-refractivity contribution in [2.24, 2.45) is 23.2 Å². The highest BCUT2D eigenvalue weighted by atomic mass is 32.2. The van der Waals surface area contributed by atoms with Crippen LogP contribution in [0.4, 0.5) is 0 Å². The van der Waals surface area contributed by atoms with E-state index >= 15 is 0 Å². The van der Waals surface area contributed by atoms with Gasteiger partial charge in [-0.25, -0.2) is 0 Å². The lowest BCUT2D eigenvalue weighted by atomic mass is 9.45. The highest BCUT2D eigenvalue weighted by molar-refractivity contribution is 7.99. The summed E-state index contributed by atoms with van der Waals surface area (Å²) in [6, 6.07) is 0. The van der Waals surface area contributed by atoms with Crippen LogP contribution in [-0.4, -0.2) is 32.8 Å². The molecule has 0 spiro atoms. The third-order valence-electron chi connectivity index (χ3n) is 5.16. The topological polar surface area (TPSA) is 43.4 Å². The lowest BCUT2D eigenvalue weighted by Gasteiger charge is -2.60. The summed E-state index contributed by atoms with van der Waals surface area (Å²) in [5.41, 5.74) is 0.576. The highest BCUT2D eigenvalue weighted by Gasteiger charge is 2.53. The van der Waals surface area contributed by atoms with Gasteiger partial charge in [-0.05, 0) is 54.6 Å². The first-order valence-electron chi connectivity index (χ1n) is 7.23. The number of hydrogen-bond acceptors (Lipinski definition) is 4. The molecule has 3 atom stereocenters. The Morgan fingerprint density at radius 3 is 2.58 bits per heavy atom. The van der Waals surface area contributed by atoms with Crippen LogP contribution in [0.15, 0.2) is 0 Å². The van der Waals surface area contributed by atoms with Crippen LogP contribution in [0.2, 0.25) is 0 Å². The van der Waals surface area contributed by atoms with Crippen LogP contribution in [0.5, 0.6) is 0 Å². The second-order valence-corrected chi connectivity index (χ2v) is 9.49. The molecule has 0 aromatic carbocycles. The highest BCUT2D eigenvalue weighted by Crippen LogP contribution is 2.62. The first-order chi connectivity index (χ1) is 8.81. The molecule has 3 rings (SSSR count). The van der Waals surface area contributed by atoms with Crippen molar-refractivity contribution in [2.45, 2.75) is 39.5 Å². The van der Waals surface area contributed by atoms with Crippen molar-refractivity contribution in [3.8, 4) is 0 Å². The van der Waals surface area contributed by atoms with Crippen LogP contribution in [0, 0.1) is 23.2 Å². The molecule has 112 valence electrons. The fourth-order valence-electron chi connectivity index (χ4n) is 3.89. The number of thioether (sulfide) groups is 1. The van der Waals surface area contributed by atoms with E-state index in [1.807, 2.05) is 11.8 Å². The first-order valence-corrected chi connectivity index (χ1v) is 10.2. The predicted octanol–water partition coefficient (Wildman–Crippen LogP) is 3.16. The molecule has 3 saturated carbocycles. The molecule has 0 aliphatic heterocycles. The van der Waals surface area contributed by atoms with Gasteiger partial charge in [0.1, 0.15) is 0 Å². The Labute approximate surface area is 122 Å². The second kappa shape index (κ2) is 5.94. The molecule has 0 amide bonds. The molecule has 0 aromatic rings. The molecule has 0 heterocycles. The zero-order valence-corrected chi connectivity index (χ0v) is 13.9. The Kier molecular flexibility index (Phi) is 4.89. The standard InChI is InChI=1S/C14H26O3S2/c1-14(2)12-5-4-11(13(14)10-12)6-8-18-9-7-17-19(3,15)16/h11-13H,4-10H2,1-3H3/t11-,12-,13+/m0/s1. The Bertz CT molecular complexity index is 401. The maximum Gasteiger partial charge on any atom is 0.264 e. The minimum absolute atomic E-state index is 0.311. The van der Waals surface area contributed by atoms with Crippen LogP contribution in [0.3, 0.4) is 0 Å². The van der Waals surface area contributed by atoms with Gasteiger partial charge in [-0.3, -0.25) is 4.18 Å². The summed E-state index contributed by atoms with van der Waals surface area (Å²) < 4.78 is 26.3. The van der Waals surface area contributed by atoms with E-state index in [1.165, 1.54) is 25.7 Å². The summed E-state index contributed by atoms with van der Waals surface area (Å²) in [6.07, 6.45) is 6.65. The quantitative estimate of drug-likeness (QED) is 0.535. The molecule has 19 heavy (non-hydrogen) atoms. The van der Waals surface area contributed by atoms with Gasteiger partial charge in [-0.2, -0.15) is 20.2 Å². The molecule has 3 aliphatic rings. The van der Waals surface area contributed by atoms with Crippen LogP contribution >= 0.6 is 11.8 Å². The molecule has 3 nitrogen and oxygen atoms in total. The fourth-order valence-corrected chi connectivity index (χ4v) is 5.26. The SMILES string of the molecule is CC1(C)[C@H]2CC[C@@H](CCSCCOS(C)(=O)=O)[C@H]1C2. The average Bonchev–Trinajstić information content (AvgIpc) is 2.32. The molecule has 0 unspecified atom stereocenters. The van der Waals surface area contributed by atoms with Crippen LogP contribution in [0.25, 0.3) is 0 Å². The Morgan fingerprint density at radius 2 is 2.00 bits per heavy atom. The maximum absolute atomic E-state index is 10.8.